The summed E-state index contributed by atoms with van der Waals surface area (Å²) >= 11 is 0. The number of carbonyl (C=O) groups excluding carboxylic acids is 4. The number of ether oxygens (including phenoxy) is 2. The van der Waals surface area contributed by atoms with Crippen LogP contribution in [0.2, 0.25) is 0 Å². The lowest BCUT2D eigenvalue weighted by Crippen LogP contribution is -2.22. The zero-order valence-electron chi connectivity index (χ0n) is 41.0. The van der Waals surface area contributed by atoms with E-state index in [-0.39, 0.29) is 34.4 Å². The maximum absolute atomic E-state index is 14.2. The summed E-state index contributed by atoms with van der Waals surface area (Å²) in [6.07, 6.45) is 0. The van der Waals surface area contributed by atoms with Gasteiger partial charge in [-0.1, -0.05) is 84.9 Å². The van der Waals surface area contributed by atoms with Crippen LogP contribution in [0.25, 0.3) is 54.9 Å². The second-order valence-electron chi connectivity index (χ2n) is 18.0. The number of aromatic nitrogens is 2. The molecule has 10 rings (SSSR count). The van der Waals surface area contributed by atoms with E-state index in [1.165, 1.54) is 30.3 Å². The first kappa shape index (κ1) is 48.5. The molecule has 0 radical (unpaired) electrons. The first-order valence-corrected chi connectivity index (χ1v) is 23.7. The number of amides is 4. The molecule has 9 aromatic rings. The molecule has 3 heterocycles. The number of pyridine rings is 2. The third-order valence-corrected chi connectivity index (χ3v) is 12.5. The van der Waals surface area contributed by atoms with Crippen molar-refractivity contribution in [2.24, 2.45) is 0 Å². The Morgan fingerprint density at radius 3 is 1.24 bits per heavy atom. The Morgan fingerprint density at radius 2 is 0.853 bits per heavy atom. The molecule has 1 aliphatic heterocycles. The molecule has 372 valence electrons. The van der Waals surface area contributed by atoms with Gasteiger partial charge in [-0.3, -0.25) is 29.3 Å². The minimum atomic E-state index is -0.820. The highest BCUT2D eigenvalue weighted by atomic mass is 16.6. The predicted molar refractivity (Wildman–Crippen MR) is 292 cm³/mol. The second-order valence-corrected chi connectivity index (χ2v) is 18.0. The number of fused-ring (bicyclic) bond motifs is 13. The monoisotopic (exact) mass is 997 g/mol. The Kier molecular flexibility index (Phi) is 13.3. The van der Waals surface area contributed by atoms with Gasteiger partial charge in [0.05, 0.1) is 4.92 Å². The van der Waals surface area contributed by atoms with Crippen molar-refractivity contribution in [1.29, 1.82) is 0 Å². The highest BCUT2D eigenvalue weighted by Crippen LogP contribution is 2.52. The van der Waals surface area contributed by atoms with Crippen molar-refractivity contribution in [3.63, 3.8) is 0 Å². The zero-order chi connectivity index (χ0) is 52.3. The van der Waals surface area contributed by atoms with E-state index in [0.717, 1.165) is 56.2 Å². The molecule has 7 aromatic carbocycles. The Hall–Kier alpha value is -10.2. The number of rotatable bonds is 5. The molecule has 75 heavy (non-hydrogen) atoms. The second kappa shape index (κ2) is 20.5. The number of nitro benzene ring substituents is 1. The molecule has 6 bridgehead atoms. The molecule has 0 unspecified atom stereocenters. The van der Waals surface area contributed by atoms with Crippen LogP contribution in [0, 0.1) is 10.1 Å². The van der Waals surface area contributed by atoms with E-state index >= 15 is 0 Å². The van der Waals surface area contributed by atoms with Crippen molar-refractivity contribution in [3.8, 4) is 44.9 Å². The van der Waals surface area contributed by atoms with Gasteiger partial charge in [-0.05, 0) is 99.4 Å². The molecule has 0 fully saturated rings. The van der Waals surface area contributed by atoms with E-state index in [2.05, 4.69) is 31.2 Å². The van der Waals surface area contributed by atoms with Gasteiger partial charge in [0.15, 0.2) is 13.2 Å². The number of non-ortho nitro benzene ring substituents is 1. The van der Waals surface area contributed by atoms with Crippen LogP contribution < -0.4 is 40.5 Å². The van der Waals surface area contributed by atoms with Crippen LogP contribution in [0.3, 0.4) is 0 Å². The number of nitrogens with zero attached hydrogens (tertiary/aromatic N) is 5. The first-order valence-electron chi connectivity index (χ1n) is 23.7. The van der Waals surface area contributed by atoms with Crippen LogP contribution in [-0.4, -0.2) is 79.9 Å². The van der Waals surface area contributed by atoms with Gasteiger partial charge in [-0.15, -0.1) is 0 Å². The summed E-state index contributed by atoms with van der Waals surface area (Å²) in [5.74, 6) is -2.01. The van der Waals surface area contributed by atoms with Crippen molar-refractivity contribution in [3.05, 3.63) is 185 Å². The van der Waals surface area contributed by atoms with E-state index in [4.69, 9.17) is 9.47 Å². The van der Waals surface area contributed by atoms with Crippen molar-refractivity contribution in [1.82, 2.24) is 9.97 Å². The highest BCUT2D eigenvalue weighted by Gasteiger charge is 2.28. The van der Waals surface area contributed by atoms with Crippen LogP contribution in [0.1, 0.15) is 20.7 Å². The lowest BCUT2D eigenvalue weighted by atomic mass is 9.86. The lowest BCUT2D eigenvalue weighted by molar-refractivity contribution is -0.384. The number of hydrogen-bond acceptors (Lipinski definition) is 12. The number of nitro groups is 1. The topological polar surface area (TPSA) is 210 Å². The summed E-state index contributed by atoms with van der Waals surface area (Å²) in [4.78, 5) is 80.0. The molecule has 0 aliphatic carbocycles. The molecule has 0 atom stereocenters. The van der Waals surface area contributed by atoms with Gasteiger partial charge in [-0.2, -0.15) is 0 Å². The first-order chi connectivity index (χ1) is 36.3. The molecule has 4 amide bonds. The van der Waals surface area contributed by atoms with Crippen LogP contribution in [-0.2, 0) is 9.59 Å². The SMILES string of the molecule is CN(C)c1ccc(-c2cc3ccccc3c3c2OCC(=O)Nc2cccc(n2)NC(=O)c2cc(cc([N+](=O)[O-])c2)C(=O)Nc2cccc(n2)NC(=O)COc2c(-c4ccc(N(C)C)cc4)cc4ccccc4c2-3)cc1. The molecule has 0 spiro atoms. The maximum Gasteiger partial charge on any atom is 0.271 e. The summed E-state index contributed by atoms with van der Waals surface area (Å²) in [5, 5.41) is 26.1. The fourth-order valence-corrected chi connectivity index (χ4v) is 8.90. The predicted octanol–water partition coefficient (Wildman–Crippen LogP) is 10.7. The maximum atomic E-state index is 14.2. The lowest BCUT2D eigenvalue weighted by Gasteiger charge is -2.24. The number of anilines is 6. The van der Waals surface area contributed by atoms with Gasteiger partial charge < -0.3 is 40.5 Å². The number of nitrogens with one attached hydrogen (secondary N) is 4. The fourth-order valence-electron chi connectivity index (χ4n) is 8.90. The van der Waals surface area contributed by atoms with Crippen LogP contribution in [0.4, 0.5) is 40.3 Å². The molecule has 17 nitrogen and oxygen atoms in total. The zero-order valence-corrected chi connectivity index (χ0v) is 41.0. The number of carbonyl (C=O) groups is 4. The third-order valence-electron chi connectivity index (χ3n) is 12.5. The van der Waals surface area contributed by atoms with Crippen molar-refractivity contribution in [2.75, 3.05) is 72.5 Å². The van der Waals surface area contributed by atoms with Gasteiger partial charge in [0.25, 0.3) is 29.3 Å². The smallest absolute Gasteiger partial charge is 0.271 e. The summed E-state index contributed by atoms with van der Waals surface area (Å²) in [7, 11) is 7.83. The van der Waals surface area contributed by atoms with Gasteiger partial charge in [0.2, 0.25) is 0 Å². The molecular weight excluding hydrogens is 951 g/mol. The van der Waals surface area contributed by atoms with E-state index in [1.807, 2.05) is 147 Å². The van der Waals surface area contributed by atoms with Crippen molar-refractivity contribution >= 4 is 85.5 Å². The average Bonchev–Trinajstić information content (AvgIpc) is 3.43. The molecule has 0 saturated carbocycles. The molecule has 1 aliphatic rings. The Morgan fingerprint density at radius 1 is 0.467 bits per heavy atom. The quantitative estimate of drug-likeness (QED) is 0.0937. The van der Waals surface area contributed by atoms with Crippen molar-refractivity contribution < 1.29 is 33.6 Å². The van der Waals surface area contributed by atoms with E-state index in [1.54, 1.807) is 12.1 Å². The minimum Gasteiger partial charge on any atom is -0.482 e. The van der Waals surface area contributed by atoms with Gasteiger partial charge >= 0.3 is 0 Å². The Balaban J connectivity index is 1.19. The van der Waals surface area contributed by atoms with Crippen LogP contribution in [0.5, 0.6) is 11.5 Å². The standard InChI is InChI=1S/C58H47N9O8/c1-65(2)40-23-19-34(20-24-40)45-30-36-11-5-7-13-43(36)53-54-44-14-8-6-12-37(44)31-46(35-21-25-41(26-22-35)66(3)4)56(54)75-33-52(69)62-48-16-10-18-50(60-48)64-58(71)39-27-38(28-42(29-39)67(72)73)57(70)63-49-17-9-15-47(59-49)61-51(68)32-74-55(45)53/h5-31H,32-33H2,1-4H3,(H2,59,61,63,68,70)(H2,60,62,64,69,71). The summed E-state index contributed by atoms with van der Waals surface area (Å²) in [6.45, 7) is -1.03. The Labute approximate surface area is 429 Å². The minimum absolute atomic E-state index is 0.000673. The van der Waals surface area contributed by atoms with Crippen LogP contribution >= 0.6 is 0 Å². The van der Waals surface area contributed by atoms with Gasteiger partial charge in [0.1, 0.15) is 34.8 Å². The average molecular weight is 998 g/mol. The molecule has 17 heteroatoms. The van der Waals surface area contributed by atoms with E-state index < -0.39 is 47.5 Å². The molecule has 2 aromatic heterocycles. The summed E-state index contributed by atoms with van der Waals surface area (Å²) in [5.41, 5.74) is 5.06. The summed E-state index contributed by atoms with van der Waals surface area (Å²) < 4.78 is 13.7. The number of hydrogen-bond donors (Lipinski definition) is 4. The molecular formula is C58H47N9O8. The number of benzene rings is 7. The molecule has 4 N–H and O–H groups in total. The fraction of sp³-hybridized carbons (Fsp3) is 0.103. The highest BCUT2D eigenvalue weighted by molar-refractivity contribution is 6.15. The van der Waals surface area contributed by atoms with Crippen LogP contribution in [0.15, 0.2) is 164 Å². The van der Waals surface area contributed by atoms with Gasteiger partial charge in [-0.25, -0.2) is 9.97 Å². The Bertz CT molecular complexity index is 3520. The van der Waals surface area contributed by atoms with E-state index in [0.29, 0.717) is 33.8 Å². The molecule has 0 saturated heterocycles. The van der Waals surface area contributed by atoms with Gasteiger partial charge in [0, 0.05) is 85.1 Å². The third kappa shape index (κ3) is 10.3. The van der Waals surface area contributed by atoms with E-state index in [9.17, 15) is 29.3 Å². The largest absolute Gasteiger partial charge is 0.482 e. The normalized spacial score (nSPS) is 13.0. The van der Waals surface area contributed by atoms with Crippen molar-refractivity contribution in [2.45, 2.75) is 0 Å². The summed E-state index contributed by atoms with van der Waals surface area (Å²) in [6, 6.07) is 48.1.